The lowest BCUT2D eigenvalue weighted by molar-refractivity contribution is -0.129. The number of hydrogen-bond donors (Lipinski definition) is 1. The van der Waals surface area contributed by atoms with E-state index < -0.39 is 0 Å². The molecular formula is C16H22N2O2S. The van der Waals surface area contributed by atoms with Crippen LogP contribution in [0.1, 0.15) is 54.6 Å². The van der Waals surface area contributed by atoms with Crippen molar-refractivity contribution < 1.29 is 9.59 Å². The number of thiophene rings is 1. The highest BCUT2D eigenvalue weighted by Crippen LogP contribution is 2.26. The molecule has 0 radical (unpaired) electrons. The van der Waals surface area contributed by atoms with E-state index in [1.54, 1.807) is 0 Å². The van der Waals surface area contributed by atoms with Gasteiger partial charge in [-0.2, -0.15) is 0 Å². The molecule has 2 heterocycles. The molecule has 1 saturated heterocycles. The van der Waals surface area contributed by atoms with E-state index in [0.29, 0.717) is 19.0 Å². The highest BCUT2D eigenvalue weighted by molar-refractivity contribution is 7.12. The summed E-state index contributed by atoms with van der Waals surface area (Å²) in [5.74, 6) is 0.156. The van der Waals surface area contributed by atoms with Crippen LogP contribution in [0.15, 0.2) is 17.5 Å². The van der Waals surface area contributed by atoms with E-state index in [4.69, 9.17) is 0 Å². The normalized spacial score (nSPS) is 24.1. The number of amides is 2. The molecule has 1 saturated carbocycles. The minimum absolute atomic E-state index is 0.0321. The highest BCUT2D eigenvalue weighted by atomic mass is 32.1. The minimum atomic E-state index is -0.0504. The molecule has 0 aromatic carbocycles. The number of rotatable bonds is 3. The van der Waals surface area contributed by atoms with Crippen LogP contribution < -0.4 is 5.32 Å². The van der Waals surface area contributed by atoms with Crippen LogP contribution in [0.3, 0.4) is 0 Å². The molecule has 1 aromatic rings. The van der Waals surface area contributed by atoms with Crippen molar-refractivity contribution in [3.63, 3.8) is 0 Å². The Bertz CT molecular complexity index is 492. The van der Waals surface area contributed by atoms with Crippen LogP contribution >= 0.6 is 11.3 Å². The summed E-state index contributed by atoms with van der Waals surface area (Å²) in [5.41, 5.74) is 0. The van der Waals surface area contributed by atoms with Gasteiger partial charge in [0.2, 0.25) is 5.91 Å². The van der Waals surface area contributed by atoms with Crippen molar-refractivity contribution in [3.05, 3.63) is 22.4 Å². The number of nitrogens with one attached hydrogen (secondary N) is 1. The van der Waals surface area contributed by atoms with Gasteiger partial charge in [0.1, 0.15) is 0 Å². The van der Waals surface area contributed by atoms with Crippen LogP contribution in [0.25, 0.3) is 0 Å². The van der Waals surface area contributed by atoms with Crippen LogP contribution in [0.5, 0.6) is 0 Å². The van der Waals surface area contributed by atoms with Gasteiger partial charge in [-0.15, -0.1) is 11.3 Å². The van der Waals surface area contributed by atoms with Gasteiger partial charge in [-0.25, -0.2) is 0 Å². The Hall–Kier alpha value is -1.36. The molecule has 2 fully saturated rings. The maximum Gasteiger partial charge on any atom is 0.261 e. The molecule has 2 amide bonds. The second-order valence-corrected chi connectivity index (χ2v) is 6.99. The number of hydrogen-bond acceptors (Lipinski definition) is 3. The lowest BCUT2D eigenvalue weighted by atomic mass is 10.1. The predicted molar refractivity (Wildman–Crippen MR) is 83.4 cm³/mol. The quantitative estimate of drug-likeness (QED) is 0.873. The minimum Gasteiger partial charge on any atom is -0.346 e. The molecule has 1 aromatic heterocycles. The van der Waals surface area contributed by atoms with Gasteiger partial charge in [-0.3, -0.25) is 9.59 Å². The standard InChI is InChI=1S/C16H22N2O2S/c19-15-10-12(17-16(20)14-8-5-9-21-14)11-18(15)13-6-3-1-2-4-7-13/h5,8-9,12-13H,1-4,6-7,10-11H2,(H,17,20)/t12-/m0/s1. The third-order valence-electron chi connectivity index (χ3n) is 4.50. The summed E-state index contributed by atoms with van der Waals surface area (Å²) in [5, 5.41) is 4.90. The van der Waals surface area contributed by atoms with Crippen molar-refractivity contribution in [1.29, 1.82) is 0 Å². The van der Waals surface area contributed by atoms with Gasteiger partial charge in [-0.1, -0.05) is 31.7 Å². The van der Waals surface area contributed by atoms with Crippen LogP contribution in [0.2, 0.25) is 0 Å². The summed E-state index contributed by atoms with van der Waals surface area (Å²) in [6.45, 7) is 0.681. The summed E-state index contributed by atoms with van der Waals surface area (Å²) in [6, 6.07) is 4.05. The van der Waals surface area contributed by atoms with Gasteiger partial charge in [0.15, 0.2) is 0 Å². The second kappa shape index (κ2) is 6.60. The SMILES string of the molecule is O=C(N[C@H]1CC(=O)N(C2CCCCCC2)C1)c1cccs1. The molecule has 1 aliphatic carbocycles. The van der Waals surface area contributed by atoms with Crippen molar-refractivity contribution in [2.45, 2.75) is 57.0 Å². The fourth-order valence-corrected chi connectivity index (χ4v) is 4.04. The van der Waals surface area contributed by atoms with E-state index >= 15 is 0 Å². The molecule has 114 valence electrons. The first-order valence-corrected chi connectivity index (χ1v) is 8.76. The van der Waals surface area contributed by atoms with Crippen molar-refractivity contribution in [2.75, 3.05) is 6.54 Å². The molecule has 5 heteroatoms. The third kappa shape index (κ3) is 3.46. The van der Waals surface area contributed by atoms with Gasteiger partial charge in [-0.05, 0) is 24.3 Å². The fourth-order valence-electron chi connectivity index (χ4n) is 3.41. The maximum absolute atomic E-state index is 12.2. The summed E-state index contributed by atoms with van der Waals surface area (Å²) >= 11 is 1.44. The van der Waals surface area contributed by atoms with Crippen LogP contribution in [-0.4, -0.2) is 35.3 Å². The van der Waals surface area contributed by atoms with Crippen molar-refractivity contribution in [1.82, 2.24) is 10.2 Å². The molecule has 1 atom stereocenters. The molecule has 0 bridgehead atoms. The lowest BCUT2D eigenvalue weighted by Crippen LogP contribution is -2.40. The van der Waals surface area contributed by atoms with E-state index in [0.717, 1.165) is 17.7 Å². The number of likely N-dealkylation sites (tertiary alicyclic amines) is 1. The van der Waals surface area contributed by atoms with Crippen molar-refractivity contribution in [2.24, 2.45) is 0 Å². The molecule has 1 N–H and O–H groups in total. The molecule has 4 nitrogen and oxygen atoms in total. The van der Waals surface area contributed by atoms with Crippen LogP contribution in [-0.2, 0) is 4.79 Å². The molecule has 0 spiro atoms. The topological polar surface area (TPSA) is 49.4 Å². The Labute approximate surface area is 129 Å². The van der Waals surface area contributed by atoms with Gasteiger partial charge in [0, 0.05) is 19.0 Å². The Morgan fingerprint density at radius 2 is 2.00 bits per heavy atom. The van der Waals surface area contributed by atoms with Gasteiger partial charge < -0.3 is 10.2 Å². The summed E-state index contributed by atoms with van der Waals surface area (Å²) < 4.78 is 0. The Morgan fingerprint density at radius 1 is 1.24 bits per heavy atom. The van der Waals surface area contributed by atoms with Crippen molar-refractivity contribution in [3.8, 4) is 0 Å². The Kier molecular flexibility index (Phi) is 4.58. The van der Waals surface area contributed by atoms with E-state index in [1.807, 2.05) is 22.4 Å². The number of carbonyl (C=O) groups excluding carboxylic acids is 2. The first-order chi connectivity index (χ1) is 10.2. The summed E-state index contributed by atoms with van der Waals surface area (Å²) in [6.07, 6.45) is 7.72. The predicted octanol–water partition coefficient (Wildman–Crippen LogP) is 2.80. The molecule has 21 heavy (non-hydrogen) atoms. The largest absolute Gasteiger partial charge is 0.346 e. The van der Waals surface area contributed by atoms with Crippen LogP contribution in [0, 0.1) is 0 Å². The first kappa shape index (κ1) is 14.6. The zero-order valence-corrected chi connectivity index (χ0v) is 13.0. The van der Waals surface area contributed by atoms with E-state index in [2.05, 4.69) is 5.32 Å². The average Bonchev–Trinajstić information content (AvgIpc) is 3.03. The molecule has 0 unspecified atom stereocenters. The third-order valence-corrected chi connectivity index (χ3v) is 5.37. The Balaban J connectivity index is 1.57. The maximum atomic E-state index is 12.2. The number of nitrogens with zero attached hydrogens (tertiary/aromatic N) is 1. The van der Waals surface area contributed by atoms with Crippen LogP contribution in [0.4, 0.5) is 0 Å². The van der Waals surface area contributed by atoms with Gasteiger partial charge in [0.05, 0.1) is 10.9 Å². The van der Waals surface area contributed by atoms with E-state index in [1.165, 1.54) is 37.0 Å². The van der Waals surface area contributed by atoms with E-state index in [-0.39, 0.29) is 17.9 Å². The fraction of sp³-hybridized carbons (Fsp3) is 0.625. The molecule has 2 aliphatic rings. The summed E-state index contributed by atoms with van der Waals surface area (Å²) in [4.78, 5) is 27.1. The second-order valence-electron chi connectivity index (χ2n) is 6.04. The highest BCUT2D eigenvalue weighted by Gasteiger charge is 2.35. The zero-order valence-electron chi connectivity index (χ0n) is 12.2. The lowest BCUT2D eigenvalue weighted by Gasteiger charge is -2.27. The molecule has 3 rings (SSSR count). The average molecular weight is 306 g/mol. The first-order valence-electron chi connectivity index (χ1n) is 7.88. The smallest absolute Gasteiger partial charge is 0.261 e. The molecular weight excluding hydrogens is 284 g/mol. The number of carbonyl (C=O) groups is 2. The van der Waals surface area contributed by atoms with Gasteiger partial charge in [0.25, 0.3) is 5.91 Å². The summed E-state index contributed by atoms with van der Waals surface area (Å²) in [7, 11) is 0. The zero-order chi connectivity index (χ0) is 14.7. The van der Waals surface area contributed by atoms with E-state index in [9.17, 15) is 9.59 Å². The molecule has 1 aliphatic heterocycles. The Morgan fingerprint density at radius 3 is 2.67 bits per heavy atom. The van der Waals surface area contributed by atoms with Crippen molar-refractivity contribution >= 4 is 23.2 Å². The van der Waals surface area contributed by atoms with Gasteiger partial charge >= 0.3 is 0 Å². The monoisotopic (exact) mass is 306 g/mol.